The van der Waals surface area contributed by atoms with Gasteiger partial charge in [-0.2, -0.15) is 15.0 Å². The SMILES string of the molecule is COC(=O)Nc1cnn(CC(=O)Nc2c(C)n[nH]c2C)n1. The van der Waals surface area contributed by atoms with Crippen molar-refractivity contribution in [2.45, 2.75) is 20.4 Å². The number of amides is 2. The number of rotatable bonds is 4. The van der Waals surface area contributed by atoms with Gasteiger partial charge in [0.1, 0.15) is 6.54 Å². The molecule has 2 amide bonds. The largest absolute Gasteiger partial charge is 0.453 e. The second kappa shape index (κ2) is 6.03. The molecular weight excluding hydrogens is 278 g/mol. The van der Waals surface area contributed by atoms with E-state index < -0.39 is 6.09 Å². The molecule has 112 valence electrons. The lowest BCUT2D eigenvalue weighted by Crippen LogP contribution is -2.21. The number of aromatic nitrogens is 5. The predicted octanol–water partition coefficient (Wildman–Crippen LogP) is 0.435. The van der Waals surface area contributed by atoms with Crippen molar-refractivity contribution < 1.29 is 14.3 Å². The predicted molar refractivity (Wildman–Crippen MR) is 72.7 cm³/mol. The Morgan fingerprint density at radius 1 is 1.38 bits per heavy atom. The van der Waals surface area contributed by atoms with Gasteiger partial charge in [-0.05, 0) is 13.8 Å². The highest BCUT2D eigenvalue weighted by molar-refractivity contribution is 5.91. The van der Waals surface area contributed by atoms with Crippen molar-refractivity contribution >= 4 is 23.5 Å². The van der Waals surface area contributed by atoms with Gasteiger partial charge >= 0.3 is 6.09 Å². The van der Waals surface area contributed by atoms with Gasteiger partial charge in [-0.25, -0.2) is 4.79 Å². The van der Waals surface area contributed by atoms with Crippen molar-refractivity contribution in [3.05, 3.63) is 17.6 Å². The smallest absolute Gasteiger partial charge is 0.412 e. The van der Waals surface area contributed by atoms with E-state index in [0.29, 0.717) is 11.4 Å². The molecule has 2 rings (SSSR count). The zero-order valence-corrected chi connectivity index (χ0v) is 11.8. The Hall–Kier alpha value is -2.91. The Morgan fingerprint density at radius 3 is 2.76 bits per heavy atom. The lowest BCUT2D eigenvalue weighted by Gasteiger charge is -2.04. The highest BCUT2D eigenvalue weighted by atomic mass is 16.5. The molecule has 0 fully saturated rings. The number of hydrogen-bond donors (Lipinski definition) is 3. The summed E-state index contributed by atoms with van der Waals surface area (Å²) in [7, 11) is 1.24. The van der Waals surface area contributed by atoms with Crippen LogP contribution in [0.1, 0.15) is 11.4 Å². The van der Waals surface area contributed by atoms with Gasteiger partial charge < -0.3 is 10.1 Å². The molecule has 0 radical (unpaired) electrons. The molecule has 0 spiro atoms. The monoisotopic (exact) mass is 293 g/mol. The van der Waals surface area contributed by atoms with Crippen LogP contribution in [-0.2, 0) is 16.1 Å². The van der Waals surface area contributed by atoms with Gasteiger partial charge in [0.05, 0.1) is 30.4 Å². The van der Waals surface area contributed by atoms with Crippen LogP contribution in [0.3, 0.4) is 0 Å². The standard InChI is InChI=1S/C11H15N7O3/c1-6-10(7(2)16-15-6)14-9(19)5-18-12-4-8(17-18)13-11(20)21-3/h4H,5H2,1-3H3,(H,14,19)(H,15,16)(H,13,17,20). The number of ether oxygens (including phenoxy) is 1. The highest BCUT2D eigenvalue weighted by Gasteiger charge is 2.12. The summed E-state index contributed by atoms with van der Waals surface area (Å²) < 4.78 is 4.42. The maximum atomic E-state index is 11.9. The summed E-state index contributed by atoms with van der Waals surface area (Å²) in [6, 6.07) is 0. The summed E-state index contributed by atoms with van der Waals surface area (Å²) in [5.74, 6) is -0.104. The number of aromatic amines is 1. The van der Waals surface area contributed by atoms with Crippen LogP contribution in [0.25, 0.3) is 0 Å². The van der Waals surface area contributed by atoms with Gasteiger partial charge in [0.25, 0.3) is 0 Å². The van der Waals surface area contributed by atoms with Crippen LogP contribution in [0, 0.1) is 13.8 Å². The van der Waals surface area contributed by atoms with E-state index in [4.69, 9.17) is 0 Å². The molecule has 10 nitrogen and oxygen atoms in total. The van der Waals surface area contributed by atoms with Crippen LogP contribution in [0.2, 0.25) is 0 Å². The first-order chi connectivity index (χ1) is 9.99. The fraction of sp³-hybridized carbons (Fsp3) is 0.364. The zero-order valence-electron chi connectivity index (χ0n) is 11.8. The number of H-pyrrole nitrogens is 1. The molecule has 10 heteroatoms. The summed E-state index contributed by atoms with van der Waals surface area (Å²) in [5.41, 5.74) is 2.10. The molecule has 0 aliphatic heterocycles. The average molecular weight is 293 g/mol. The van der Waals surface area contributed by atoms with Gasteiger partial charge in [-0.3, -0.25) is 15.2 Å². The van der Waals surface area contributed by atoms with E-state index in [1.165, 1.54) is 13.3 Å². The number of nitrogens with zero attached hydrogens (tertiary/aromatic N) is 4. The van der Waals surface area contributed by atoms with Crippen molar-refractivity contribution in [1.29, 1.82) is 0 Å². The van der Waals surface area contributed by atoms with Crippen molar-refractivity contribution in [3.63, 3.8) is 0 Å². The van der Waals surface area contributed by atoms with Gasteiger partial charge in [-0.1, -0.05) is 0 Å². The Morgan fingerprint density at radius 2 is 2.14 bits per heavy atom. The fourth-order valence-corrected chi connectivity index (χ4v) is 1.63. The number of anilines is 2. The number of carbonyl (C=O) groups excluding carboxylic acids is 2. The summed E-state index contributed by atoms with van der Waals surface area (Å²) in [5, 5.41) is 19.6. The first-order valence-electron chi connectivity index (χ1n) is 6.06. The molecule has 0 unspecified atom stereocenters. The maximum absolute atomic E-state index is 11.9. The Kier molecular flexibility index (Phi) is 4.16. The molecule has 2 aromatic heterocycles. The van der Waals surface area contributed by atoms with Crippen LogP contribution in [0.5, 0.6) is 0 Å². The molecule has 2 aromatic rings. The molecule has 0 saturated carbocycles. The molecule has 0 bridgehead atoms. The van der Waals surface area contributed by atoms with Crippen LogP contribution in [-0.4, -0.2) is 44.3 Å². The van der Waals surface area contributed by atoms with Gasteiger partial charge in [-0.15, -0.1) is 5.10 Å². The Bertz CT molecular complexity index is 641. The molecule has 0 atom stereocenters. The molecule has 0 aliphatic rings. The summed E-state index contributed by atoms with van der Waals surface area (Å²) in [4.78, 5) is 24.1. The number of methoxy groups -OCH3 is 1. The molecule has 21 heavy (non-hydrogen) atoms. The second-order valence-corrected chi connectivity index (χ2v) is 4.23. The van der Waals surface area contributed by atoms with Crippen molar-refractivity contribution in [2.24, 2.45) is 0 Å². The molecule has 0 saturated heterocycles. The molecule has 2 heterocycles. The normalized spacial score (nSPS) is 10.2. The van der Waals surface area contributed by atoms with Crippen LogP contribution in [0.15, 0.2) is 6.20 Å². The van der Waals surface area contributed by atoms with Crippen LogP contribution >= 0.6 is 0 Å². The molecule has 0 aliphatic carbocycles. The molecule has 3 N–H and O–H groups in total. The topological polar surface area (TPSA) is 127 Å². The highest BCUT2D eigenvalue weighted by Crippen LogP contribution is 2.15. The van der Waals surface area contributed by atoms with E-state index in [1.807, 2.05) is 0 Å². The quantitative estimate of drug-likeness (QED) is 0.750. The van der Waals surface area contributed by atoms with E-state index >= 15 is 0 Å². The number of carbonyl (C=O) groups is 2. The first kappa shape index (κ1) is 14.5. The second-order valence-electron chi connectivity index (χ2n) is 4.23. The van der Waals surface area contributed by atoms with E-state index in [0.717, 1.165) is 10.5 Å². The maximum Gasteiger partial charge on any atom is 0.412 e. The Labute approximate surface area is 119 Å². The van der Waals surface area contributed by atoms with Crippen LogP contribution in [0.4, 0.5) is 16.3 Å². The van der Waals surface area contributed by atoms with E-state index in [9.17, 15) is 9.59 Å². The van der Waals surface area contributed by atoms with Gasteiger partial charge in [0.15, 0.2) is 5.82 Å². The third-order valence-electron chi connectivity index (χ3n) is 2.63. The van der Waals surface area contributed by atoms with E-state index in [1.54, 1.807) is 13.8 Å². The van der Waals surface area contributed by atoms with Gasteiger partial charge in [0.2, 0.25) is 5.91 Å². The molecule has 0 aromatic carbocycles. The third-order valence-corrected chi connectivity index (χ3v) is 2.63. The zero-order chi connectivity index (χ0) is 15.4. The van der Waals surface area contributed by atoms with E-state index in [2.05, 4.69) is 35.8 Å². The lowest BCUT2D eigenvalue weighted by atomic mass is 10.3. The lowest BCUT2D eigenvalue weighted by molar-refractivity contribution is -0.117. The molecular formula is C11H15N7O3. The summed E-state index contributed by atoms with van der Waals surface area (Å²) >= 11 is 0. The Balaban J connectivity index is 1.96. The third kappa shape index (κ3) is 3.55. The summed E-state index contributed by atoms with van der Waals surface area (Å²) in [6.45, 7) is 3.50. The number of aryl methyl sites for hydroxylation is 2. The summed E-state index contributed by atoms with van der Waals surface area (Å²) in [6.07, 6.45) is 0.662. The first-order valence-corrected chi connectivity index (χ1v) is 6.06. The van der Waals surface area contributed by atoms with E-state index in [-0.39, 0.29) is 18.3 Å². The minimum Gasteiger partial charge on any atom is -0.453 e. The van der Waals surface area contributed by atoms with Crippen molar-refractivity contribution in [1.82, 2.24) is 25.2 Å². The number of nitrogens with one attached hydrogen (secondary N) is 3. The minimum absolute atomic E-state index is 0.0904. The average Bonchev–Trinajstić information content (AvgIpc) is 3.00. The fourth-order valence-electron chi connectivity index (χ4n) is 1.63. The van der Waals surface area contributed by atoms with Crippen molar-refractivity contribution in [3.8, 4) is 0 Å². The van der Waals surface area contributed by atoms with Crippen molar-refractivity contribution in [2.75, 3.05) is 17.7 Å². The van der Waals surface area contributed by atoms with Crippen LogP contribution < -0.4 is 10.6 Å². The van der Waals surface area contributed by atoms with Gasteiger partial charge in [0, 0.05) is 0 Å². The number of hydrogen-bond acceptors (Lipinski definition) is 6. The minimum atomic E-state index is -0.656.